The molecule has 0 aliphatic rings. The molecular weight excluding hydrogens is 264 g/mol. The van der Waals surface area contributed by atoms with Crippen molar-refractivity contribution in [2.24, 2.45) is 0 Å². The molecule has 0 unspecified atom stereocenters. The van der Waals surface area contributed by atoms with Crippen molar-refractivity contribution in [1.82, 2.24) is 15.2 Å². The molecule has 0 fully saturated rings. The normalized spacial score (nSPS) is 10.8. The summed E-state index contributed by atoms with van der Waals surface area (Å²) in [5.74, 6) is -0.139. The molecule has 0 bridgehead atoms. The number of pyridine rings is 1. The number of nitrogens with zero attached hydrogens (tertiary/aromatic N) is 2. The van der Waals surface area contributed by atoms with Gasteiger partial charge in [0.2, 0.25) is 0 Å². The second-order valence-corrected chi connectivity index (χ2v) is 5.20. The van der Waals surface area contributed by atoms with E-state index in [2.05, 4.69) is 20.5 Å². The van der Waals surface area contributed by atoms with E-state index in [1.165, 1.54) is 5.56 Å². The van der Waals surface area contributed by atoms with Crippen LogP contribution in [0.5, 0.6) is 0 Å². The number of amides is 1. The molecular formula is C16H16N4O. The SMILES string of the molecule is Cc1ccc(C(=O)Nc2cnc3n[nH]c(C)c3c2)cc1C. The molecule has 2 N–H and O–H groups in total. The first-order chi connectivity index (χ1) is 10.0. The lowest BCUT2D eigenvalue weighted by Crippen LogP contribution is -2.12. The number of aromatic amines is 1. The zero-order valence-corrected chi connectivity index (χ0v) is 12.2. The van der Waals surface area contributed by atoms with Gasteiger partial charge in [-0.05, 0) is 50.1 Å². The highest BCUT2D eigenvalue weighted by Crippen LogP contribution is 2.18. The van der Waals surface area contributed by atoms with E-state index >= 15 is 0 Å². The summed E-state index contributed by atoms with van der Waals surface area (Å²) in [6.45, 7) is 5.94. The fourth-order valence-electron chi connectivity index (χ4n) is 2.17. The molecule has 2 heterocycles. The van der Waals surface area contributed by atoms with Gasteiger partial charge in [0.25, 0.3) is 5.91 Å². The molecule has 0 atom stereocenters. The fraction of sp³-hybridized carbons (Fsp3) is 0.188. The maximum atomic E-state index is 12.3. The Morgan fingerprint density at radius 2 is 1.95 bits per heavy atom. The van der Waals surface area contributed by atoms with Gasteiger partial charge in [-0.3, -0.25) is 9.89 Å². The summed E-state index contributed by atoms with van der Waals surface area (Å²) in [4.78, 5) is 16.5. The topological polar surface area (TPSA) is 70.7 Å². The number of aromatic nitrogens is 3. The second-order valence-electron chi connectivity index (χ2n) is 5.20. The quantitative estimate of drug-likeness (QED) is 0.757. The highest BCUT2D eigenvalue weighted by Gasteiger charge is 2.09. The standard InChI is InChI=1S/C16H16N4O/c1-9-4-5-12(6-10(9)2)16(21)18-13-7-14-11(3)19-20-15(14)17-8-13/h4-8H,1-3H3,(H,18,21)(H,17,19,20). The molecule has 0 saturated carbocycles. The van der Waals surface area contributed by atoms with Crippen molar-refractivity contribution >= 4 is 22.6 Å². The number of carbonyl (C=O) groups is 1. The van der Waals surface area contributed by atoms with Crippen LogP contribution in [0.4, 0.5) is 5.69 Å². The van der Waals surface area contributed by atoms with Gasteiger partial charge in [0.15, 0.2) is 5.65 Å². The van der Waals surface area contributed by atoms with Gasteiger partial charge < -0.3 is 5.32 Å². The third-order valence-electron chi connectivity index (χ3n) is 3.63. The van der Waals surface area contributed by atoms with Crippen molar-refractivity contribution in [2.75, 3.05) is 5.32 Å². The summed E-state index contributed by atoms with van der Waals surface area (Å²) in [6, 6.07) is 7.54. The highest BCUT2D eigenvalue weighted by molar-refractivity contribution is 6.05. The van der Waals surface area contributed by atoms with Crippen LogP contribution >= 0.6 is 0 Å². The summed E-state index contributed by atoms with van der Waals surface area (Å²) >= 11 is 0. The van der Waals surface area contributed by atoms with Crippen molar-refractivity contribution in [3.05, 3.63) is 52.8 Å². The molecule has 1 aromatic carbocycles. The minimum absolute atomic E-state index is 0.139. The number of benzene rings is 1. The predicted molar refractivity (Wildman–Crippen MR) is 82.5 cm³/mol. The first-order valence-corrected chi connectivity index (χ1v) is 6.74. The molecule has 0 aliphatic carbocycles. The summed E-state index contributed by atoms with van der Waals surface area (Å²) in [5, 5.41) is 10.7. The number of rotatable bonds is 2. The molecule has 0 radical (unpaired) electrons. The molecule has 2 aromatic heterocycles. The van der Waals surface area contributed by atoms with E-state index in [9.17, 15) is 4.79 Å². The third-order valence-corrected chi connectivity index (χ3v) is 3.63. The van der Waals surface area contributed by atoms with Gasteiger partial charge in [-0.25, -0.2) is 4.98 Å². The van der Waals surface area contributed by atoms with Gasteiger partial charge in [0.1, 0.15) is 0 Å². The van der Waals surface area contributed by atoms with Crippen molar-refractivity contribution in [3.63, 3.8) is 0 Å². The molecule has 106 valence electrons. The number of nitrogens with one attached hydrogen (secondary N) is 2. The minimum atomic E-state index is -0.139. The van der Waals surface area contributed by atoms with Crippen molar-refractivity contribution < 1.29 is 4.79 Å². The van der Waals surface area contributed by atoms with Gasteiger partial charge in [-0.1, -0.05) is 6.07 Å². The first-order valence-electron chi connectivity index (χ1n) is 6.74. The number of fused-ring (bicyclic) bond motifs is 1. The van der Waals surface area contributed by atoms with E-state index in [-0.39, 0.29) is 5.91 Å². The average molecular weight is 280 g/mol. The maximum Gasteiger partial charge on any atom is 0.255 e. The molecule has 5 heteroatoms. The van der Waals surface area contributed by atoms with Crippen molar-refractivity contribution in [1.29, 1.82) is 0 Å². The van der Waals surface area contributed by atoms with Crippen LogP contribution in [0.15, 0.2) is 30.5 Å². The van der Waals surface area contributed by atoms with Crippen molar-refractivity contribution in [3.8, 4) is 0 Å². The van der Waals surface area contributed by atoms with Gasteiger partial charge in [0.05, 0.1) is 11.9 Å². The molecule has 5 nitrogen and oxygen atoms in total. The number of aryl methyl sites for hydroxylation is 3. The summed E-state index contributed by atoms with van der Waals surface area (Å²) in [5.41, 5.74) is 5.15. The van der Waals surface area contributed by atoms with Crippen LogP contribution in [-0.2, 0) is 0 Å². The zero-order valence-electron chi connectivity index (χ0n) is 12.2. The fourth-order valence-corrected chi connectivity index (χ4v) is 2.17. The molecule has 0 spiro atoms. The van der Waals surface area contributed by atoms with Crippen LogP contribution in [0, 0.1) is 20.8 Å². The van der Waals surface area contributed by atoms with Gasteiger partial charge in [-0.2, -0.15) is 5.10 Å². The lowest BCUT2D eigenvalue weighted by atomic mass is 10.1. The van der Waals surface area contributed by atoms with Gasteiger partial charge >= 0.3 is 0 Å². The Morgan fingerprint density at radius 1 is 1.14 bits per heavy atom. The number of hydrogen-bond acceptors (Lipinski definition) is 3. The molecule has 1 amide bonds. The Kier molecular flexibility index (Phi) is 3.17. The van der Waals surface area contributed by atoms with Crippen LogP contribution in [0.25, 0.3) is 11.0 Å². The summed E-state index contributed by atoms with van der Waals surface area (Å²) < 4.78 is 0. The number of anilines is 1. The molecule has 3 rings (SSSR count). The lowest BCUT2D eigenvalue weighted by Gasteiger charge is -2.07. The van der Waals surface area contributed by atoms with Crippen LogP contribution in [0.3, 0.4) is 0 Å². The van der Waals surface area contributed by atoms with E-state index in [4.69, 9.17) is 0 Å². The number of H-pyrrole nitrogens is 1. The number of hydrogen-bond donors (Lipinski definition) is 2. The van der Waals surface area contributed by atoms with E-state index < -0.39 is 0 Å². The second kappa shape index (κ2) is 5.01. The Hall–Kier alpha value is -2.69. The smallest absolute Gasteiger partial charge is 0.255 e. The van der Waals surface area contributed by atoms with Gasteiger partial charge in [0, 0.05) is 16.6 Å². The van der Waals surface area contributed by atoms with Crippen LogP contribution in [-0.4, -0.2) is 21.1 Å². The lowest BCUT2D eigenvalue weighted by molar-refractivity contribution is 0.102. The largest absolute Gasteiger partial charge is 0.321 e. The third kappa shape index (κ3) is 2.50. The van der Waals surface area contributed by atoms with Gasteiger partial charge in [-0.15, -0.1) is 0 Å². The summed E-state index contributed by atoms with van der Waals surface area (Å²) in [7, 11) is 0. The Bertz CT molecular complexity index is 835. The van der Waals surface area contributed by atoms with E-state index in [1.54, 1.807) is 6.20 Å². The Labute approximate surface area is 122 Å². The minimum Gasteiger partial charge on any atom is -0.321 e. The molecule has 0 aliphatic heterocycles. The predicted octanol–water partition coefficient (Wildman–Crippen LogP) is 3.14. The average Bonchev–Trinajstić information content (AvgIpc) is 2.83. The Balaban J connectivity index is 1.88. The van der Waals surface area contributed by atoms with Crippen LogP contribution in [0.1, 0.15) is 27.2 Å². The monoisotopic (exact) mass is 280 g/mol. The van der Waals surface area contributed by atoms with Crippen molar-refractivity contribution in [2.45, 2.75) is 20.8 Å². The van der Waals surface area contributed by atoms with Crippen LogP contribution < -0.4 is 5.32 Å². The van der Waals surface area contributed by atoms with E-state index in [0.29, 0.717) is 16.9 Å². The molecule has 0 saturated heterocycles. The number of carbonyl (C=O) groups excluding carboxylic acids is 1. The maximum absolute atomic E-state index is 12.3. The van der Waals surface area contributed by atoms with E-state index in [1.807, 2.05) is 45.0 Å². The van der Waals surface area contributed by atoms with E-state index in [0.717, 1.165) is 16.6 Å². The van der Waals surface area contributed by atoms with Crippen LogP contribution in [0.2, 0.25) is 0 Å². The molecule has 21 heavy (non-hydrogen) atoms. The zero-order chi connectivity index (χ0) is 15.0. The molecule has 3 aromatic rings. The Morgan fingerprint density at radius 3 is 2.71 bits per heavy atom. The summed E-state index contributed by atoms with van der Waals surface area (Å²) in [6.07, 6.45) is 1.61. The highest BCUT2D eigenvalue weighted by atomic mass is 16.1. The first kappa shape index (κ1) is 13.3.